The topological polar surface area (TPSA) is 136 Å². The van der Waals surface area contributed by atoms with Crippen LogP contribution in [-0.2, 0) is 0 Å². The number of nitrogen functional groups attached to an aromatic ring is 1. The summed E-state index contributed by atoms with van der Waals surface area (Å²) in [6, 6.07) is 1.13. The number of hydrogen-bond donors (Lipinski definition) is 3. The van der Waals surface area contributed by atoms with E-state index in [-0.39, 0.29) is 23.0 Å². The number of carbonyl (C=O) groups excluding carboxylic acids is 1. The number of halogens is 1. The van der Waals surface area contributed by atoms with Gasteiger partial charge in [-0.05, 0) is 19.4 Å². The minimum Gasteiger partial charge on any atom is -0.487 e. The second-order valence-electron chi connectivity index (χ2n) is 7.95. The lowest BCUT2D eigenvalue weighted by molar-refractivity contribution is 0.112. The summed E-state index contributed by atoms with van der Waals surface area (Å²) in [5.41, 5.74) is 6.46. The first-order valence-corrected chi connectivity index (χ1v) is 10.5. The fourth-order valence-electron chi connectivity index (χ4n) is 4.29. The largest absolute Gasteiger partial charge is 0.487 e. The van der Waals surface area contributed by atoms with Gasteiger partial charge in [0.2, 0.25) is 5.95 Å². The molecule has 0 aliphatic carbocycles. The number of aliphatic hydroxyl groups is 1. The number of nitrogens with two attached hydrogens (primary N) is 1. The second kappa shape index (κ2) is 9.02. The van der Waals surface area contributed by atoms with Gasteiger partial charge in [0.1, 0.15) is 12.3 Å². The molecule has 0 radical (unpaired) electrons. The third kappa shape index (κ3) is 3.95. The molecule has 5 rings (SSSR count). The van der Waals surface area contributed by atoms with Gasteiger partial charge in [-0.15, -0.1) is 0 Å². The van der Waals surface area contributed by atoms with E-state index in [4.69, 9.17) is 15.6 Å². The lowest BCUT2D eigenvalue weighted by atomic mass is 10.1. The van der Waals surface area contributed by atoms with Crippen LogP contribution in [0.15, 0.2) is 29.5 Å². The summed E-state index contributed by atoms with van der Waals surface area (Å²) in [7, 11) is 1.00. The number of carbonyl (C=O) groups is 1. The van der Waals surface area contributed by atoms with Gasteiger partial charge in [0.05, 0.1) is 40.6 Å². The van der Waals surface area contributed by atoms with E-state index in [1.54, 1.807) is 0 Å². The van der Waals surface area contributed by atoms with Gasteiger partial charge in [-0.1, -0.05) is 0 Å². The van der Waals surface area contributed by atoms with Gasteiger partial charge in [0, 0.05) is 32.4 Å². The smallest absolute Gasteiger partial charge is 0.223 e. The van der Waals surface area contributed by atoms with E-state index in [2.05, 4.69) is 15.3 Å². The number of anilines is 3. The van der Waals surface area contributed by atoms with Gasteiger partial charge in [-0.2, -0.15) is 0 Å². The van der Waals surface area contributed by atoms with Crippen molar-refractivity contribution in [3.8, 4) is 5.75 Å². The molecule has 11 heteroatoms. The Balaban J connectivity index is 0.00000126. The van der Waals surface area contributed by atoms with Crippen molar-refractivity contribution in [3.05, 3.63) is 46.3 Å². The molecule has 33 heavy (non-hydrogen) atoms. The van der Waals surface area contributed by atoms with Crippen LogP contribution in [-0.4, -0.2) is 58.8 Å². The van der Waals surface area contributed by atoms with Crippen molar-refractivity contribution in [2.75, 3.05) is 42.8 Å². The molecule has 3 aromatic rings. The zero-order valence-electron chi connectivity index (χ0n) is 18.3. The number of pyridine rings is 1. The average Bonchev–Trinajstić information content (AvgIpc) is 3.28. The number of nitrogens with one attached hydrogen (secondary N) is 1. The highest BCUT2D eigenvalue weighted by Gasteiger charge is 2.32. The molecule has 0 bridgehead atoms. The second-order valence-corrected chi connectivity index (χ2v) is 7.95. The standard InChI is InChI=1S/C21H21FN6O3.CH4O/c1-11-10-31-20-17-15(19(30)12(9-29)7-28(11)17)4-16(22)18(20)27-3-2-14(8-27)26-21-24-5-13(23)6-25-21;1-2/h4-7,9,11,14H,2-3,8,10,23H2,1H3,(H,24,25,26);2H,1H3/t11-,14?;/m0./s1. The molecule has 1 fully saturated rings. The molecule has 0 saturated carbocycles. The van der Waals surface area contributed by atoms with Gasteiger partial charge in [0.25, 0.3) is 0 Å². The van der Waals surface area contributed by atoms with Crippen molar-refractivity contribution < 1.29 is 19.0 Å². The number of aldehydes is 1. The fraction of sp³-hybridized carbons (Fsp3) is 0.364. The quantitative estimate of drug-likeness (QED) is 0.500. The number of benzene rings is 1. The van der Waals surface area contributed by atoms with Crippen LogP contribution in [0.3, 0.4) is 0 Å². The van der Waals surface area contributed by atoms with E-state index in [0.29, 0.717) is 54.6 Å². The first-order valence-electron chi connectivity index (χ1n) is 10.5. The van der Waals surface area contributed by atoms with Crippen molar-refractivity contribution in [1.29, 1.82) is 0 Å². The first kappa shape index (κ1) is 22.5. The van der Waals surface area contributed by atoms with E-state index < -0.39 is 11.2 Å². The molecule has 2 aliphatic rings. The number of ether oxygens (including phenoxy) is 1. The molecule has 1 saturated heterocycles. The van der Waals surface area contributed by atoms with Crippen LogP contribution in [0.5, 0.6) is 5.75 Å². The summed E-state index contributed by atoms with van der Waals surface area (Å²) in [5, 5.41) is 10.4. The zero-order chi connectivity index (χ0) is 23.7. The lowest BCUT2D eigenvalue weighted by Crippen LogP contribution is -2.30. The van der Waals surface area contributed by atoms with Crippen LogP contribution < -0.4 is 26.1 Å². The van der Waals surface area contributed by atoms with Gasteiger partial charge in [0.15, 0.2) is 23.3 Å². The van der Waals surface area contributed by atoms with Crippen LogP contribution in [0.1, 0.15) is 29.7 Å². The van der Waals surface area contributed by atoms with Gasteiger partial charge >= 0.3 is 0 Å². The number of rotatable bonds is 4. The van der Waals surface area contributed by atoms with Crippen LogP contribution >= 0.6 is 0 Å². The summed E-state index contributed by atoms with van der Waals surface area (Å²) >= 11 is 0. The SMILES string of the molecule is CO.C[C@H]1COc2c(N3CCC(Nc4ncc(N)cn4)C3)c(F)cc3c(=O)c(C=O)cn1c23. The number of aromatic nitrogens is 3. The molecule has 2 aromatic heterocycles. The van der Waals surface area contributed by atoms with Crippen LogP contribution in [0.2, 0.25) is 0 Å². The Morgan fingerprint density at radius 3 is 2.76 bits per heavy atom. The predicted octanol–water partition coefficient (Wildman–Crippen LogP) is 1.58. The Morgan fingerprint density at radius 1 is 1.33 bits per heavy atom. The molecule has 10 nitrogen and oxygen atoms in total. The third-order valence-corrected chi connectivity index (χ3v) is 5.81. The van der Waals surface area contributed by atoms with Crippen molar-refractivity contribution in [2.45, 2.75) is 25.4 Å². The van der Waals surface area contributed by atoms with Crippen LogP contribution in [0, 0.1) is 5.82 Å². The highest BCUT2D eigenvalue weighted by atomic mass is 19.1. The summed E-state index contributed by atoms with van der Waals surface area (Å²) < 4.78 is 23.0. The van der Waals surface area contributed by atoms with E-state index in [1.807, 2.05) is 16.4 Å². The molecule has 2 atom stereocenters. The Bertz CT molecular complexity index is 1250. The predicted molar refractivity (Wildman–Crippen MR) is 123 cm³/mol. The summed E-state index contributed by atoms with van der Waals surface area (Å²) in [6.07, 6.45) is 5.84. The summed E-state index contributed by atoms with van der Waals surface area (Å²) in [5.74, 6) is 0.252. The third-order valence-electron chi connectivity index (χ3n) is 5.81. The van der Waals surface area contributed by atoms with Crippen molar-refractivity contribution in [1.82, 2.24) is 14.5 Å². The molecule has 174 valence electrons. The highest BCUT2D eigenvalue weighted by Crippen LogP contribution is 2.42. The first-order chi connectivity index (χ1) is 16.0. The molecule has 2 aliphatic heterocycles. The lowest BCUT2D eigenvalue weighted by Gasteiger charge is -2.31. The van der Waals surface area contributed by atoms with E-state index in [1.165, 1.54) is 24.7 Å². The molecular formula is C22H25FN6O4. The molecule has 0 amide bonds. The minimum absolute atomic E-state index is 0.00747. The molecule has 4 N–H and O–H groups in total. The van der Waals surface area contributed by atoms with E-state index in [9.17, 15) is 9.59 Å². The molecule has 0 spiro atoms. The van der Waals surface area contributed by atoms with Crippen LogP contribution in [0.4, 0.5) is 21.7 Å². The number of nitrogens with zero attached hydrogens (tertiary/aromatic N) is 4. The van der Waals surface area contributed by atoms with Crippen molar-refractivity contribution in [2.24, 2.45) is 0 Å². The molecule has 1 aromatic carbocycles. The number of aliphatic hydroxyl groups excluding tert-OH is 1. The average molecular weight is 456 g/mol. The Kier molecular flexibility index (Phi) is 6.14. The maximum atomic E-state index is 15.3. The molecule has 4 heterocycles. The normalized spacial score (nSPS) is 19.0. The maximum absolute atomic E-state index is 15.3. The Hall–Kier alpha value is -3.73. The van der Waals surface area contributed by atoms with E-state index in [0.717, 1.165) is 13.5 Å². The van der Waals surface area contributed by atoms with Gasteiger partial charge in [-0.25, -0.2) is 14.4 Å². The fourth-order valence-corrected chi connectivity index (χ4v) is 4.29. The highest BCUT2D eigenvalue weighted by molar-refractivity contribution is 5.94. The molecule has 1 unspecified atom stereocenters. The molecular weight excluding hydrogens is 431 g/mol. The summed E-state index contributed by atoms with van der Waals surface area (Å²) in [6.45, 7) is 3.35. The zero-order valence-corrected chi connectivity index (χ0v) is 18.3. The van der Waals surface area contributed by atoms with Gasteiger partial charge in [-0.3, -0.25) is 9.59 Å². The van der Waals surface area contributed by atoms with Crippen LogP contribution in [0.25, 0.3) is 10.9 Å². The minimum atomic E-state index is -0.548. The van der Waals surface area contributed by atoms with Gasteiger partial charge < -0.3 is 30.4 Å². The van der Waals surface area contributed by atoms with E-state index >= 15 is 4.39 Å². The number of hydrogen-bond acceptors (Lipinski definition) is 9. The maximum Gasteiger partial charge on any atom is 0.223 e. The Labute approximate surface area is 188 Å². The van der Waals surface area contributed by atoms with Crippen molar-refractivity contribution >= 4 is 34.5 Å². The monoisotopic (exact) mass is 456 g/mol. The Morgan fingerprint density at radius 2 is 2.06 bits per heavy atom. The summed E-state index contributed by atoms with van der Waals surface area (Å²) in [4.78, 5) is 34.2. The van der Waals surface area contributed by atoms with Crippen molar-refractivity contribution in [3.63, 3.8) is 0 Å².